The Balaban J connectivity index is 1.69. The van der Waals surface area contributed by atoms with Gasteiger partial charge in [-0.3, -0.25) is 0 Å². The van der Waals surface area contributed by atoms with E-state index in [2.05, 4.69) is 86.8 Å². The maximum absolute atomic E-state index is 3.59. The molecule has 24 heavy (non-hydrogen) atoms. The van der Waals surface area contributed by atoms with Crippen molar-refractivity contribution >= 4 is 23.1 Å². The van der Waals surface area contributed by atoms with Crippen LogP contribution in [0.4, 0.5) is 11.4 Å². The zero-order valence-corrected chi connectivity index (χ0v) is 15.1. The molecule has 1 aliphatic rings. The zero-order chi connectivity index (χ0) is 16.7. The molecule has 120 valence electrons. The van der Waals surface area contributed by atoms with Crippen molar-refractivity contribution < 1.29 is 0 Å². The van der Waals surface area contributed by atoms with Gasteiger partial charge in [0, 0.05) is 15.7 Å². The molecule has 1 N–H and O–H groups in total. The molecule has 1 aliphatic heterocycles. The van der Waals surface area contributed by atoms with E-state index in [1.807, 2.05) is 11.8 Å². The molecule has 2 heteroatoms. The monoisotopic (exact) mass is 331 g/mol. The molecule has 4 rings (SSSR count). The molecular weight excluding hydrogens is 310 g/mol. The second kappa shape index (κ2) is 6.03. The lowest BCUT2D eigenvalue weighted by molar-refractivity contribution is 0.915. The number of fused-ring (bicyclic) bond motifs is 2. The predicted molar refractivity (Wildman–Crippen MR) is 104 cm³/mol. The van der Waals surface area contributed by atoms with Gasteiger partial charge < -0.3 is 5.32 Å². The van der Waals surface area contributed by atoms with Gasteiger partial charge in [0.15, 0.2) is 0 Å². The first-order valence-electron chi connectivity index (χ1n) is 8.36. The van der Waals surface area contributed by atoms with Crippen molar-refractivity contribution in [3.05, 3.63) is 82.9 Å². The molecule has 0 radical (unpaired) electrons. The molecule has 0 spiro atoms. The summed E-state index contributed by atoms with van der Waals surface area (Å²) in [7, 11) is 0. The van der Waals surface area contributed by atoms with Crippen molar-refractivity contribution in [2.45, 2.75) is 36.5 Å². The second-order valence-corrected chi connectivity index (χ2v) is 7.71. The first-order chi connectivity index (χ1) is 11.6. The molecule has 3 aromatic rings. The Morgan fingerprint density at radius 1 is 0.750 bits per heavy atom. The second-order valence-electron chi connectivity index (χ2n) is 6.62. The molecule has 1 heterocycles. The molecule has 3 aromatic carbocycles. The molecule has 0 saturated heterocycles. The maximum atomic E-state index is 3.59. The highest BCUT2D eigenvalue weighted by atomic mass is 32.2. The van der Waals surface area contributed by atoms with Crippen molar-refractivity contribution in [3.8, 4) is 0 Å². The standard InChI is InChI=1S/C22H21NS/c1-14-10-15(2)12-18(11-14)16(3)17-8-9-22-20(13-17)23-19-6-4-5-7-21(19)24-22/h4-13,16,23H,1-3H3. The van der Waals surface area contributed by atoms with Crippen LogP contribution in [-0.2, 0) is 0 Å². The molecule has 1 nitrogen and oxygen atoms in total. The molecule has 1 unspecified atom stereocenters. The molecule has 0 aromatic heterocycles. The van der Waals surface area contributed by atoms with E-state index in [1.54, 1.807) is 0 Å². The van der Waals surface area contributed by atoms with Crippen LogP contribution in [0.2, 0.25) is 0 Å². The minimum atomic E-state index is 0.387. The first-order valence-corrected chi connectivity index (χ1v) is 9.18. The average molecular weight is 331 g/mol. The Morgan fingerprint density at radius 2 is 1.46 bits per heavy atom. The van der Waals surface area contributed by atoms with Crippen LogP contribution >= 0.6 is 11.8 Å². The topological polar surface area (TPSA) is 12.0 Å². The van der Waals surface area contributed by atoms with Crippen LogP contribution < -0.4 is 5.32 Å². The Kier molecular flexibility index (Phi) is 3.85. The van der Waals surface area contributed by atoms with E-state index in [9.17, 15) is 0 Å². The van der Waals surface area contributed by atoms with Crippen LogP contribution in [0, 0.1) is 13.8 Å². The summed E-state index contributed by atoms with van der Waals surface area (Å²) >= 11 is 1.84. The number of hydrogen-bond donors (Lipinski definition) is 1. The van der Waals surface area contributed by atoms with Crippen molar-refractivity contribution in [1.29, 1.82) is 0 Å². The van der Waals surface area contributed by atoms with Gasteiger partial charge in [0.25, 0.3) is 0 Å². The maximum Gasteiger partial charge on any atom is 0.0529 e. The summed E-state index contributed by atoms with van der Waals surface area (Å²) in [5, 5.41) is 3.59. The molecular formula is C22H21NS. The Bertz CT molecular complexity index is 893. The third-order valence-electron chi connectivity index (χ3n) is 4.62. The van der Waals surface area contributed by atoms with E-state index in [0.29, 0.717) is 5.92 Å². The van der Waals surface area contributed by atoms with Crippen LogP contribution in [0.3, 0.4) is 0 Å². The lowest BCUT2D eigenvalue weighted by Gasteiger charge is -2.23. The predicted octanol–water partition coefficient (Wildman–Crippen LogP) is 6.66. The summed E-state index contributed by atoms with van der Waals surface area (Å²) in [6.07, 6.45) is 0. The lowest BCUT2D eigenvalue weighted by Crippen LogP contribution is -2.03. The minimum absolute atomic E-state index is 0.387. The Morgan fingerprint density at radius 3 is 2.25 bits per heavy atom. The highest BCUT2D eigenvalue weighted by Crippen LogP contribution is 2.45. The van der Waals surface area contributed by atoms with Crippen LogP contribution in [0.15, 0.2) is 70.5 Å². The van der Waals surface area contributed by atoms with Crippen LogP contribution in [0.1, 0.15) is 35.1 Å². The zero-order valence-electron chi connectivity index (χ0n) is 14.3. The number of hydrogen-bond acceptors (Lipinski definition) is 2. The van der Waals surface area contributed by atoms with E-state index in [4.69, 9.17) is 0 Å². The van der Waals surface area contributed by atoms with E-state index in [0.717, 1.165) is 0 Å². The molecule has 0 saturated carbocycles. The van der Waals surface area contributed by atoms with Crippen molar-refractivity contribution in [2.75, 3.05) is 5.32 Å². The quantitative estimate of drug-likeness (QED) is 0.440. The number of para-hydroxylation sites is 1. The average Bonchev–Trinajstić information content (AvgIpc) is 2.58. The highest BCUT2D eigenvalue weighted by molar-refractivity contribution is 7.99. The van der Waals surface area contributed by atoms with Crippen molar-refractivity contribution in [2.24, 2.45) is 0 Å². The van der Waals surface area contributed by atoms with E-state index in [-0.39, 0.29) is 0 Å². The number of nitrogens with one attached hydrogen (secondary N) is 1. The number of rotatable bonds is 2. The van der Waals surface area contributed by atoms with Gasteiger partial charge in [0.2, 0.25) is 0 Å². The Labute approximate surface area is 148 Å². The fraction of sp³-hybridized carbons (Fsp3) is 0.182. The summed E-state index contributed by atoms with van der Waals surface area (Å²) in [5.41, 5.74) is 7.82. The lowest BCUT2D eigenvalue weighted by atomic mass is 9.90. The summed E-state index contributed by atoms with van der Waals surface area (Å²) in [4.78, 5) is 2.59. The fourth-order valence-electron chi connectivity index (χ4n) is 3.38. The third kappa shape index (κ3) is 2.83. The van der Waals surface area contributed by atoms with Crippen LogP contribution in [-0.4, -0.2) is 0 Å². The summed E-state index contributed by atoms with van der Waals surface area (Å²) < 4.78 is 0. The third-order valence-corrected chi connectivity index (χ3v) is 5.78. The van der Waals surface area contributed by atoms with Gasteiger partial charge in [-0.15, -0.1) is 0 Å². The van der Waals surface area contributed by atoms with Gasteiger partial charge in [0.05, 0.1) is 11.4 Å². The molecule has 0 amide bonds. The molecule has 0 fully saturated rings. The van der Waals surface area contributed by atoms with Gasteiger partial charge in [-0.25, -0.2) is 0 Å². The highest BCUT2D eigenvalue weighted by Gasteiger charge is 2.17. The first kappa shape index (κ1) is 15.3. The molecule has 0 bridgehead atoms. The van der Waals surface area contributed by atoms with Crippen molar-refractivity contribution in [3.63, 3.8) is 0 Å². The Hall–Kier alpha value is -2.19. The molecule has 1 atom stereocenters. The van der Waals surface area contributed by atoms with Gasteiger partial charge in [-0.1, -0.05) is 66.2 Å². The molecule has 0 aliphatic carbocycles. The number of aryl methyl sites for hydroxylation is 2. The number of anilines is 2. The normalized spacial score (nSPS) is 13.6. The van der Waals surface area contributed by atoms with Gasteiger partial charge in [0.1, 0.15) is 0 Å². The smallest absolute Gasteiger partial charge is 0.0529 e. The van der Waals surface area contributed by atoms with Gasteiger partial charge >= 0.3 is 0 Å². The van der Waals surface area contributed by atoms with E-state index < -0.39 is 0 Å². The SMILES string of the molecule is Cc1cc(C)cc(C(C)c2ccc3c(c2)Nc2ccccc2S3)c1. The van der Waals surface area contributed by atoms with Crippen LogP contribution in [0.25, 0.3) is 0 Å². The van der Waals surface area contributed by atoms with E-state index in [1.165, 1.54) is 43.4 Å². The summed E-state index contributed by atoms with van der Waals surface area (Å²) in [6, 6.07) is 22.1. The van der Waals surface area contributed by atoms with E-state index >= 15 is 0 Å². The van der Waals surface area contributed by atoms with Gasteiger partial charge in [-0.05, 0) is 49.2 Å². The summed E-state index contributed by atoms with van der Waals surface area (Å²) in [5.74, 6) is 0.387. The van der Waals surface area contributed by atoms with Crippen LogP contribution in [0.5, 0.6) is 0 Å². The van der Waals surface area contributed by atoms with Crippen molar-refractivity contribution in [1.82, 2.24) is 0 Å². The minimum Gasteiger partial charge on any atom is -0.354 e. The largest absolute Gasteiger partial charge is 0.354 e. The summed E-state index contributed by atoms with van der Waals surface area (Å²) in [6.45, 7) is 6.64. The van der Waals surface area contributed by atoms with Gasteiger partial charge in [-0.2, -0.15) is 0 Å². The number of benzene rings is 3. The fourth-order valence-corrected chi connectivity index (χ4v) is 4.35.